The Labute approximate surface area is 241 Å². The van der Waals surface area contributed by atoms with E-state index in [1.54, 1.807) is 6.92 Å². The molecule has 0 rings (SSSR count). The molecule has 0 saturated heterocycles. The van der Waals surface area contributed by atoms with Gasteiger partial charge in [-0.15, -0.1) is 9.24 Å². The third-order valence-electron chi connectivity index (χ3n) is 5.81. The van der Waals surface area contributed by atoms with E-state index in [1.807, 2.05) is 0 Å². The number of hydrogen-bond acceptors (Lipinski definition) is 8. The summed E-state index contributed by atoms with van der Waals surface area (Å²) in [6.07, 6.45) is 14.9. The molecule has 0 aromatic rings. The van der Waals surface area contributed by atoms with Crippen molar-refractivity contribution in [1.82, 2.24) is 5.32 Å². The van der Waals surface area contributed by atoms with Crippen molar-refractivity contribution in [3.05, 3.63) is 11.8 Å². The molecule has 0 fully saturated rings. The highest BCUT2D eigenvalue weighted by molar-refractivity contribution is 7.16. The molecule has 0 aromatic carbocycles. The lowest BCUT2D eigenvalue weighted by Crippen LogP contribution is -2.14. The molecule has 0 amide bonds. The van der Waals surface area contributed by atoms with Crippen LogP contribution >= 0.6 is 9.24 Å². The largest absolute Gasteiger partial charge is 0.391 e. The number of ketones is 1. The minimum absolute atomic E-state index is 0.184. The molecule has 1 unspecified atom stereocenters. The first kappa shape index (κ1) is 38.4. The van der Waals surface area contributed by atoms with Crippen molar-refractivity contribution in [2.45, 2.75) is 84.5 Å². The van der Waals surface area contributed by atoms with Crippen LogP contribution in [0.15, 0.2) is 11.8 Å². The summed E-state index contributed by atoms with van der Waals surface area (Å²) in [5.41, 5.74) is 1.31. The van der Waals surface area contributed by atoms with Gasteiger partial charge in [-0.2, -0.15) is 0 Å². The van der Waals surface area contributed by atoms with Crippen LogP contribution in [0.4, 0.5) is 0 Å². The van der Waals surface area contributed by atoms with Gasteiger partial charge in [-0.3, -0.25) is 4.79 Å². The van der Waals surface area contributed by atoms with Gasteiger partial charge in [-0.1, -0.05) is 13.3 Å². The van der Waals surface area contributed by atoms with Gasteiger partial charge in [-0.25, -0.2) is 0 Å². The van der Waals surface area contributed by atoms with E-state index in [0.717, 1.165) is 90.5 Å². The highest BCUT2D eigenvalue weighted by Crippen LogP contribution is 2.05. The van der Waals surface area contributed by atoms with Gasteiger partial charge in [0.15, 0.2) is 0 Å². The van der Waals surface area contributed by atoms with Gasteiger partial charge in [0.25, 0.3) is 0 Å². The molecule has 0 bridgehead atoms. The van der Waals surface area contributed by atoms with Gasteiger partial charge in [0.1, 0.15) is 5.78 Å². The predicted octanol–water partition coefficient (Wildman–Crippen LogP) is 5.33. The smallest absolute Gasteiger partial charge is 0.132 e. The lowest BCUT2D eigenvalue weighted by atomic mass is 10.2. The van der Waals surface area contributed by atoms with Crippen molar-refractivity contribution in [1.29, 1.82) is 0 Å². The topological polar surface area (TPSA) is 84.5 Å². The van der Waals surface area contributed by atoms with Crippen LogP contribution in [0.5, 0.6) is 0 Å². The number of rotatable bonds is 33. The number of hydrogen-bond donors (Lipinski definition) is 1. The summed E-state index contributed by atoms with van der Waals surface area (Å²) in [5, 5.41) is 3.40. The predicted molar refractivity (Wildman–Crippen MR) is 163 cm³/mol. The Morgan fingerprint density at radius 1 is 0.615 bits per heavy atom. The maximum Gasteiger partial charge on any atom is 0.132 e. The number of ether oxygens (including phenoxy) is 6. The number of unbranched alkanes of at least 4 members (excludes halogenated alkanes) is 5. The van der Waals surface area contributed by atoms with Crippen molar-refractivity contribution in [2.24, 2.45) is 0 Å². The average Bonchev–Trinajstić information content (AvgIpc) is 2.92. The molecule has 0 heterocycles. The molecule has 39 heavy (non-hydrogen) atoms. The quantitative estimate of drug-likeness (QED) is 0.0827. The molecular formula is C30H60NO7P. The van der Waals surface area contributed by atoms with Crippen LogP contribution in [0.25, 0.3) is 0 Å². The summed E-state index contributed by atoms with van der Waals surface area (Å²) in [7, 11) is 2.77. The first-order valence-electron chi connectivity index (χ1n) is 15.3. The normalized spacial score (nSPS) is 11.8. The van der Waals surface area contributed by atoms with E-state index < -0.39 is 0 Å². The summed E-state index contributed by atoms with van der Waals surface area (Å²) < 4.78 is 33.6. The summed E-state index contributed by atoms with van der Waals surface area (Å²) >= 11 is 0. The van der Waals surface area contributed by atoms with Crippen LogP contribution in [-0.4, -0.2) is 97.8 Å². The van der Waals surface area contributed by atoms with Crippen LogP contribution in [-0.2, 0) is 33.2 Å². The van der Waals surface area contributed by atoms with Gasteiger partial charge in [0.05, 0.1) is 52.9 Å². The minimum atomic E-state index is 0.184. The fourth-order valence-electron chi connectivity index (χ4n) is 3.55. The van der Waals surface area contributed by atoms with Gasteiger partial charge < -0.3 is 33.7 Å². The van der Waals surface area contributed by atoms with E-state index in [-0.39, 0.29) is 5.78 Å². The van der Waals surface area contributed by atoms with E-state index in [9.17, 15) is 4.79 Å². The lowest BCUT2D eigenvalue weighted by molar-refractivity contribution is -0.118. The second-order valence-electron chi connectivity index (χ2n) is 9.69. The van der Waals surface area contributed by atoms with Crippen molar-refractivity contribution < 1.29 is 33.2 Å². The van der Waals surface area contributed by atoms with Crippen molar-refractivity contribution >= 4 is 15.0 Å². The molecule has 0 saturated carbocycles. The molecule has 1 N–H and O–H groups in total. The summed E-state index contributed by atoms with van der Waals surface area (Å²) in [4.78, 5) is 10.8. The molecule has 0 radical (unpaired) electrons. The first-order chi connectivity index (χ1) is 19.2. The molecule has 1 atom stereocenters. The molecule has 9 heteroatoms. The molecular weight excluding hydrogens is 517 g/mol. The van der Waals surface area contributed by atoms with Gasteiger partial charge in [0.2, 0.25) is 0 Å². The Morgan fingerprint density at radius 3 is 1.62 bits per heavy atom. The molecule has 0 aromatic heterocycles. The van der Waals surface area contributed by atoms with E-state index in [1.165, 1.54) is 18.4 Å². The van der Waals surface area contributed by atoms with E-state index in [2.05, 4.69) is 27.7 Å². The van der Waals surface area contributed by atoms with Crippen LogP contribution in [0.1, 0.15) is 84.5 Å². The third-order valence-corrected chi connectivity index (χ3v) is 6.22. The average molecular weight is 578 g/mol. The van der Waals surface area contributed by atoms with Crippen molar-refractivity contribution in [3.63, 3.8) is 0 Å². The van der Waals surface area contributed by atoms with Crippen LogP contribution in [0.3, 0.4) is 0 Å². The standard InChI is InChI=1S/C30H60NO7P/c1-3-12-30(27-31-14-6-11-26-39)28-38-25-24-37-23-22-36-21-20-35-18-10-5-8-16-33-15-7-4-9-17-34-19-13-29(2)32/h27,31H,3-26,28,39H2,1-2H3/b30-27+. The fraction of sp³-hybridized carbons (Fsp3) is 0.900. The molecule has 0 spiro atoms. The SMILES string of the molecule is CCC/C(=C\NCCCCP)COCCOCCOCCOCCCCCOCCCCCOCCC(C)=O. The highest BCUT2D eigenvalue weighted by atomic mass is 31.0. The Morgan fingerprint density at radius 2 is 1.10 bits per heavy atom. The van der Waals surface area contributed by atoms with Crippen molar-refractivity contribution in [3.8, 4) is 0 Å². The highest BCUT2D eigenvalue weighted by Gasteiger charge is 1.99. The van der Waals surface area contributed by atoms with Crippen LogP contribution in [0, 0.1) is 0 Å². The number of carbonyl (C=O) groups excluding carboxylic acids is 1. The Kier molecular flexibility index (Phi) is 33.1. The zero-order chi connectivity index (χ0) is 28.5. The maximum atomic E-state index is 10.8. The minimum Gasteiger partial charge on any atom is -0.391 e. The van der Waals surface area contributed by atoms with Crippen LogP contribution < -0.4 is 5.32 Å². The molecule has 8 nitrogen and oxygen atoms in total. The zero-order valence-electron chi connectivity index (χ0n) is 25.2. The Balaban J connectivity index is 3.25. The molecule has 0 aliphatic carbocycles. The van der Waals surface area contributed by atoms with Crippen LogP contribution in [0.2, 0.25) is 0 Å². The second-order valence-corrected chi connectivity index (χ2v) is 10.3. The second kappa shape index (κ2) is 33.6. The fourth-order valence-corrected chi connectivity index (χ4v) is 3.84. The third kappa shape index (κ3) is 33.5. The zero-order valence-corrected chi connectivity index (χ0v) is 26.3. The van der Waals surface area contributed by atoms with Gasteiger partial charge in [-0.05, 0) is 82.6 Å². The molecule has 0 aliphatic rings. The molecule has 0 aliphatic heterocycles. The van der Waals surface area contributed by atoms with Gasteiger partial charge in [0, 0.05) is 39.4 Å². The first-order valence-corrected chi connectivity index (χ1v) is 16.1. The molecule has 232 valence electrons. The Hall–Kier alpha value is -0.600. The van der Waals surface area contributed by atoms with E-state index in [4.69, 9.17) is 28.4 Å². The maximum absolute atomic E-state index is 10.8. The monoisotopic (exact) mass is 577 g/mol. The number of nitrogens with one attached hydrogen (secondary N) is 1. The van der Waals surface area contributed by atoms with E-state index in [0.29, 0.717) is 59.3 Å². The summed E-state index contributed by atoms with van der Waals surface area (Å²) in [6.45, 7) is 12.7. The van der Waals surface area contributed by atoms with Gasteiger partial charge >= 0.3 is 0 Å². The number of carbonyl (C=O) groups is 1. The lowest BCUT2D eigenvalue weighted by Gasteiger charge is -2.10. The number of Topliss-reactive ketones (excluding diaryl/α,β-unsaturated/α-hetero) is 1. The Bertz CT molecular complexity index is 537. The summed E-state index contributed by atoms with van der Waals surface area (Å²) in [6, 6.07) is 0. The van der Waals surface area contributed by atoms with E-state index >= 15 is 0 Å². The van der Waals surface area contributed by atoms with Crippen molar-refractivity contribution in [2.75, 3.05) is 92.0 Å². The summed E-state index contributed by atoms with van der Waals surface area (Å²) in [5.74, 6) is 0.184.